The molecule has 0 radical (unpaired) electrons. The van der Waals surface area contributed by atoms with Gasteiger partial charge in [0, 0.05) is 15.6 Å². The average molecular weight is 335 g/mol. The van der Waals surface area contributed by atoms with Gasteiger partial charge in [-0.2, -0.15) is 0 Å². The predicted octanol–water partition coefficient (Wildman–Crippen LogP) is 4.05. The van der Waals surface area contributed by atoms with Crippen molar-refractivity contribution in [2.24, 2.45) is 4.99 Å². The van der Waals surface area contributed by atoms with Crippen molar-refractivity contribution in [1.82, 2.24) is 5.32 Å². The third kappa shape index (κ3) is 3.03. The zero-order valence-corrected chi connectivity index (χ0v) is 12.6. The third-order valence-corrected chi connectivity index (χ3v) is 3.61. The first kappa shape index (κ1) is 14.8. The van der Waals surface area contributed by atoms with Crippen molar-refractivity contribution in [1.29, 1.82) is 0 Å². The summed E-state index contributed by atoms with van der Waals surface area (Å²) in [6.45, 7) is 0. The predicted molar refractivity (Wildman–Crippen MR) is 85.5 cm³/mol. The molecule has 1 aliphatic heterocycles. The normalized spacial score (nSPS) is 15.9. The number of nitrogens with zero attached hydrogens (tertiary/aromatic N) is 1. The molecule has 3 nitrogen and oxygen atoms in total. The molecule has 0 aromatic heterocycles. The summed E-state index contributed by atoms with van der Waals surface area (Å²) < 4.78 is 13.2. The van der Waals surface area contributed by atoms with Crippen LogP contribution in [0.1, 0.15) is 11.1 Å². The van der Waals surface area contributed by atoms with E-state index in [2.05, 4.69) is 10.3 Å². The van der Waals surface area contributed by atoms with Gasteiger partial charge in [0.25, 0.3) is 5.91 Å². The minimum atomic E-state index is -0.396. The molecule has 1 N–H and O–H groups in total. The van der Waals surface area contributed by atoms with E-state index in [0.717, 1.165) is 0 Å². The van der Waals surface area contributed by atoms with Crippen LogP contribution in [0.3, 0.4) is 0 Å². The molecular weight excluding hydrogens is 326 g/mol. The van der Waals surface area contributed by atoms with E-state index >= 15 is 0 Å². The van der Waals surface area contributed by atoms with Gasteiger partial charge in [-0.25, -0.2) is 9.38 Å². The molecule has 0 saturated heterocycles. The van der Waals surface area contributed by atoms with Crippen LogP contribution in [0.25, 0.3) is 6.08 Å². The van der Waals surface area contributed by atoms with Gasteiger partial charge < -0.3 is 5.32 Å². The summed E-state index contributed by atoms with van der Waals surface area (Å²) in [5.74, 6) is -0.460. The van der Waals surface area contributed by atoms with Gasteiger partial charge in [0.15, 0.2) is 0 Å². The third-order valence-electron chi connectivity index (χ3n) is 3.05. The molecule has 1 heterocycles. The van der Waals surface area contributed by atoms with Gasteiger partial charge in [-0.05, 0) is 35.9 Å². The smallest absolute Gasteiger partial charge is 0.275 e. The van der Waals surface area contributed by atoms with Crippen LogP contribution in [0.2, 0.25) is 10.0 Å². The molecule has 0 saturated carbocycles. The maximum atomic E-state index is 13.2. The second kappa shape index (κ2) is 5.91. The number of amides is 1. The van der Waals surface area contributed by atoms with Gasteiger partial charge in [0.05, 0.1) is 0 Å². The molecule has 0 fully saturated rings. The lowest BCUT2D eigenvalue weighted by atomic mass is 10.2. The topological polar surface area (TPSA) is 41.5 Å². The molecule has 6 heteroatoms. The van der Waals surface area contributed by atoms with Crippen LogP contribution in [0, 0.1) is 5.82 Å². The van der Waals surface area contributed by atoms with E-state index in [1.165, 1.54) is 12.1 Å². The van der Waals surface area contributed by atoms with Crippen molar-refractivity contribution in [2.45, 2.75) is 0 Å². The highest BCUT2D eigenvalue weighted by Crippen LogP contribution is 2.24. The first-order valence-corrected chi connectivity index (χ1v) is 7.11. The van der Waals surface area contributed by atoms with Gasteiger partial charge in [-0.15, -0.1) is 0 Å². The van der Waals surface area contributed by atoms with Crippen LogP contribution in [-0.4, -0.2) is 11.7 Å². The second-order valence-corrected chi connectivity index (χ2v) is 5.46. The summed E-state index contributed by atoms with van der Waals surface area (Å²) in [6, 6.07) is 10.8. The number of aliphatic imine (C=N–C) groups is 1. The fourth-order valence-electron chi connectivity index (χ4n) is 2.01. The average Bonchev–Trinajstić information content (AvgIpc) is 2.83. The first-order valence-electron chi connectivity index (χ1n) is 6.36. The summed E-state index contributed by atoms with van der Waals surface area (Å²) >= 11 is 11.9. The van der Waals surface area contributed by atoms with E-state index in [0.29, 0.717) is 27.0 Å². The lowest BCUT2D eigenvalue weighted by Crippen LogP contribution is -2.24. The highest BCUT2D eigenvalue weighted by atomic mass is 35.5. The molecule has 1 amide bonds. The standard InChI is InChI=1S/C16H9Cl2FN2O/c17-11-5-4-9(13(18)8-11)7-14-16(22)21-15(20-14)10-2-1-3-12(19)6-10/h1-8H,(H,20,21,22)/b14-7-. The summed E-state index contributed by atoms with van der Waals surface area (Å²) in [5, 5.41) is 3.53. The zero-order chi connectivity index (χ0) is 15.7. The summed E-state index contributed by atoms with van der Waals surface area (Å²) in [6.07, 6.45) is 1.56. The minimum absolute atomic E-state index is 0.198. The van der Waals surface area contributed by atoms with E-state index in [9.17, 15) is 9.18 Å². The van der Waals surface area contributed by atoms with Gasteiger partial charge in [0.2, 0.25) is 0 Å². The molecule has 0 bridgehead atoms. The maximum Gasteiger partial charge on any atom is 0.275 e. The molecule has 0 atom stereocenters. The van der Waals surface area contributed by atoms with E-state index in [1.807, 2.05) is 0 Å². The quantitative estimate of drug-likeness (QED) is 0.827. The van der Waals surface area contributed by atoms with E-state index < -0.39 is 5.82 Å². The number of carbonyl (C=O) groups excluding carboxylic acids is 1. The molecule has 3 rings (SSSR count). The van der Waals surface area contributed by atoms with E-state index in [-0.39, 0.29) is 11.6 Å². The number of halogens is 3. The van der Waals surface area contributed by atoms with Crippen LogP contribution < -0.4 is 5.32 Å². The fraction of sp³-hybridized carbons (Fsp3) is 0. The summed E-state index contributed by atoms with van der Waals surface area (Å²) in [7, 11) is 0. The number of rotatable bonds is 2. The van der Waals surface area contributed by atoms with Gasteiger partial charge >= 0.3 is 0 Å². The molecule has 0 unspecified atom stereocenters. The Bertz CT molecular complexity index is 831. The molecule has 2 aromatic rings. The molecule has 110 valence electrons. The number of hydrogen-bond donors (Lipinski definition) is 1. The number of benzene rings is 2. The molecular formula is C16H9Cl2FN2O. The van der Waals surface area contributed by atoms with Crippen molar-refractivity contribution in [2.75, 3.05) is 0 Å². The number of nitrogens with one attached hydrogen (secondary N) is 1. The highest BCUT2D eigenvalue weighted by Gasteiger charge is 2.21. The lowest BCUT2D eigenvalue weighted by Gasteiger charge is -1.99. The zero-order valence-electron chi connectivity index (χ0n) is 11.1. The largest absolute Gasteiger partial charge is 0.305 e. The Hall–Kier alpha value is -2.17. The summed E-state index contributed by atoms with van der Waals surface area (Å²) in [5.41, 5.74) is 1.32. The number of hydrogen-bond acceptors (Lipinski definition) is 2. The fourth-order valence-corrected chi connectivity index (χ4v) is 2.47. The monoisotopic (exact) mass is 334 g/mol. The molecule has 22 heavy (non-hydrogen) atoms. The van der Waals surface area contributed by atoms with Crippen LogP contribution >= 0.6 is 23.2 Å². The van der Waals surface area contributed by atoms with Crippen LogP contribution in [0.5, 0.6) is 0 Å². The molecule has 1 aliphatic rings. The first-order chi connectivity index (χ1) is 10.5. The van der Waals surface area contributed by atoms with Crippen molar-refractivity contribution in [3.8, 4) is 0 Å². The van der Waals surface area contributed by atoms with Gasteiger partial charge in [-0.3, -0.25) is 4.79 Å². The Morgan fingerprint density at radius 3 is 2.68 bits per heavy atom. The van der Waals surface area contributed by atoms with Crippen LogP contribution in [0.4, 0.5) is 4.39 Å². The Balaban J connectivity index is 1.97. The van der Waals surface area contributed by atoms with Crippen LogP contribution in [0.15, 0.2) is 53.2 Å². The van der Waals surface area contributed by atoms with Crippen LogP contribution in [-0.2, 0) is 4.79 Å². The van der Waals surface area contributed by atoms with Crippen molar-refractivity contribution < 1.29 is 9.18 Å². The molecule has 0 aliphatic carbocycles. The second-order valence-electron chi connectivity index (χ2n) is 4.62. The Morgan fingerprint density at radius 1 is 1.14 bits per heavy atom. The molecule has 0 spiro atoms. The van der Waals surface area contributed by atoms with Gasteiger partial charge in [0.1, 0.15) is 17.3 Å². The summed E-state index contributed by atoms with van der Waals surface area (Å²) in [4.78, 5) is 16.2. The minimum Gasteiger partial charge on any atom is -0.305 e. The Kier molecular flexibility index (Phi) is 3.96. The Labute approximate surface area is 136 Å². The van der Waals surface area contributed by atoms with E-state index in [1.54, 1.807) is 36.4 Å². The number of amidine groups is 1. The SMILES string of the molecule is O=C1NC(c2cccc(F)c2)=N/C1=C\c1ccc(Cl)cc1Cl. The van der Waals surface area contributed by atoms with Crippen molar-refractivity contribution in [3.05, 3.63) is 75.2 Å². The number of carbonyl (C=O) groups is 1. The lowest BCUT2D eigenvalue weighted by molar-refractivity contribution is -0.115. The van der Waals surface area contributed by atoms with E-state index in [4.69, 9.17) is 23.2 Å². The Morgan fingerprint density at radius 2 is 1.95 bits per heavy atom. The van der Waals surface area contributed by atoms with Crippen molar-refractivity contribution in [3.63, 3.8) is 0 Å². The molecule has 2 aromatic carbocycles. The maximum absolute atomic E-state index is 13.2. The van der Waals surface area contributed by atoms with Gasteiger partial charge in [-0.1, -0.05) is 41.4 Å². The highest BCUT2D eigenvalue weighted by molar-refractivity contribution is 6.35. The van der Waals surface area contributed by atoms with Crippen molar-refractivity contribution >= 4 is 41.0 Å².